The Hall–Kier alpha value is -0.990. The lowest BCUT2D eigenvalue weighted by molar-refractivity contribution is 0.137. The van der Waals surface area contributed by atoms with Crippen LogP contribution in [0.4, 0.5) is 4.79 Å². The lowest BCUT2D eigenvalue weighted by atomic mass is 10.6. The van der Waals surface area contributed by atoms with E-state index in [4.69, 9.17) is 15.0 Å². The molecular formula is C5H10O3. The van der Waals surface area contributed by atoms with Gasteiger partial charge >= 0.3 is 6.16 Å². The highest BCUT2D eigenvalue weighted by atomic mass is 16.6. The quantitative estimate of drug-likeness (QED) is 0.477. The van der Waals surface area contributed by atoms with Crippen LogP contribution in [0, 0.1) is 0 Å². The highest BCUT2D eigenvalue weighted by Crippen LogP contribution is 1.57. The molecule has 3 heteroatoms. The molecule has 0 aliphatic heterocycles. The van der Waals surface area contributed by atoms with E-state index in [1.807, 2.05) is 26.0 Å². The van der Waals surface area contributed by atoms with Gasteiger partial charge in [0.25, 0.3) is 0 Å². The van der Waals surface area contributed by atoms with Crippen LogP contribution >= 0.6 is 0 Å². The summed E-state index contributed by atoms with van der Waals surface area (Å²) in [6, 6.07) is 0. The lowest BCUT2D eigenvalue weighted by Crippen LogP contribution is -1.81. The molecule has 0 rings (SSSR count). The van der Waals surface area contributed by atoms with E-state index in [0.717, 1.165) is 0 Å². The molecule has 0 amide bonds. The first-order valence-corrected chi connectivity index (χ1v) is 2.14. The van der Waals surface area contributed by atoms with Crippen molar-refractivity contribution in [3.05, 3.63) is 12.2 Å². The van der Waals surface area contributed by atoms with E-state index in [1.54, 1.807) is 0 Å². The smallest absolute Gasteiger partial charge is 0.450 e. The molecule has 0 heterocycles. The molecule has 0 aromatic carbocycles. The van der Waals surface area contributed by atoms with Gasteiger partial charge in [0.2, 0.25) is 0 Å². The Labute approximate surface area is 48.3 Å². The largest absolute Gasteiger partial charge is 0.503 e. The zero-order chi connectivity index (χ0) is 6.99. The second-order valence-electron chi connectivity index (χ2n) is 0.949. The third-order valence-corrected chi connectivity index (χ3v) is 0.333. The summed E-state index contributed by atoms with van der Waals surface area (Å²) in [6.07, 6.45) is 2.17. The van der Waals surface area contributed by atoms with Crippen molar-refractivity contribution >= 4 is 6.16 Å². The SMILES string of the molecule is C/C=C/C.O=C(O)O. The van der Waals surface area contributed by atoms with Gasteiger partial charge in [-0.05, 0) is 13.8 Å². The molecule has 2 N–H and O–H groups in total. The second kappa shape index (κ2) is 9.38. The lowest BCUT2D eigenvalue weighted by Gasteiger charge is -1.60. The Balaban J connectivity index is 0. The number of carboxylic acid groups (broad SMARTS) is 2. The summed E-state index contributed by atoms with van der Waals surface area (Å²) in [4.78, 5) is 8.56. The van der Waals surface area contributed by atoms with Gasteiger partial charge in [0.05, 0.1) is 0 Å². The van der Waals surface area contributed by atoms with Crippen molar-refractivity contribution in [1.29, 1.82) is 0 Å². The topological polar surface area (TPSA) is 57.5 Å². The first kappa shape index (κ1) is 10.1. The van der Waals surface area contributed by atoms with Gasteiger partial charge < -0.3 is 10.2 Å². The van der Waals surface area contributed by atoms with Crippen molar-refractivity contribution in [1.82, 2.24) is 0 Å². The molecule has 0 saturated carbocycles. The number of allylic oxidation sites excluding steroid dienone is 2. The van der Waals surface area contributed by atoms with Crippen molar-refractivity contribution in [2.24, 2.45) is 0 Å². The van der Waals surface area contributed by atoms with Crippen molar-refractivity contribution < 1.29 is 15.0 Å². The third kappa shape index (κ3) is 806000. The summed E-state index contributed by atoms with van der Waals surface area (Å²) < 4.78 is 0. The van der Waals surface area contributed by atoms with Crippen LogP contribution in [0.1, 0.15) is 13.8 Å². The molecule has 3 nitrogen and oxygen atoms in total. The Morgan fingerprint density at radius 2 is 1.38 bits per heavy atom. The van der Waals surface area contributed by atoms with Crippen LogP contribution < -0.4 is 0 Å². The van der Waals surface area contributed by atoms with E-state index < -0.39 is 6.16 Å². The third-order valence-electron chi connectivity index (χ3n) is 0.333. The Morgan fingerprint density at radius 3 is 1.38 bits per heavy atom. The van der Waals surface area contributed by atoms with Gasteiger partial charge in [-0.25, -0.2) is 4.79 Å². The van der Waals surface area contributed by atoms with Crippen LogP contribution in [-0.4, -0.2) is 16.4 Å². The van der Waals surface area contributed by atoms with Crippen molar-refractivity contribution in [2.45, 2.75) is 13.8 Å². The van der Waals surface area contributed by atoms with Gasteiger partial charge in [-0.1, -0.05) is 12.2 Å². The Bertz CT molecular complexity index is 67.7. The van der Waals surface area contributed by atoms with Gasteiger partial charge in [0.1, 0.15) is 0 Å². The molecule has 0 radical (unpaired) electrons. The zero-order valence-electron chi connectivity index (χ0n) is 4.96. The summed E-state index contributed by atoms with van der Waals surface area (Å²) in [7, 11) is 0. The van der Waals surface area contributed by atoms with E-state index in [1.165, 1.54) is 0 Å². The van der Waals surface area contributed by atoms with Gasteiger partial charge in [-0.3, -0.25) is 0 Å². The molecule has 0 aliphatic rings. The minimum Gasteiger partial charge on any atom is -0.450 e. The second-order valence-corrected chi connectivity index (χ2v) is 0.949. The number of rotatable bonds is 0. The molecule has 0 spiro atoms. The van der Waals surface area contributed by atoms with E-state index in [2.05, 4.69) is 0 Å². The number of carbonyl (C=O) groups is 1. The first-order valence-electron chi connectivity index (χ1n) is 2.14. The average Bonchev–Trinajstić information content (AvgIpc) is 1.65. The van der Waals surface area contributed by atoms with Crippen LogP contribution in [0.25, 0.3) is 0 Å². The molecular weight excluding hydrogens is 108 g/mol. The van der Waals surface area contributed by atoms with Gasteiger partial charge in [-0.2, -0.15) is 0 Å². The van der Waals surface area contributed by atoms with Crippen molar-refractivity contribution in [3.63, 3.8) is 0 Å². The fourth-order valence-electron chi connectivity index (χ4n) is 0. The molecule has 0 aromatic heterocycles. The summed E-state index contributed by atoms with van der Waals surface area (Å²) >= 11 is 0. The van der Waals surface area contributed by atoms with Crippen LogP contribution in [0.3, 0.4) is 0 Å². The fraction of sp³-hybridized carbons (Fsp3) is 0.400. The van der Waals surface area contributed by atoms with Crippen LogP contribution in [-0.2, 0) is 0 Å². The van der Waals surface area contributed by atoms with Crippen LogP contribution in [0.2, 0.25) is 0 Å². The van der Waals surface area contributed by atoms with E-state index >= 15 is 0 Å². The molecule has 0 saturated heterocycles. The normalized spacial score (nSPS) is 7.75. The van der Waals surface area contributed by atoms with E-state index in [-0.39, 0.29) is 0 Å². The molecule has 0 atom stereocenters. The van der Waals surface area contributed by atoms with Gasteiger partial charge in [0, 0.05) is 0 Å². The predicted octanol–water partition coefficient (Wildman–Crippen LogP) is 1.80. The maximum Gasteiger partial charge on any atom is 0.503 e. The Morgan fingerprint density at radius 1 is 1.25 bits per heavy atom. The standard InChI is InChI=1S/C4H8.CH2O3/c1-3-4-2;2-1(3)4/h3-4H,1-2H3;(H2,2,3,4)/b4-3+;. The van der Waals surface area contributed by atoms with Crippen LogP contribution in [0.15, 0.2) is 12.2 Å². The molecule has 0 aromatic rings. The summed E-state index contributed by atoms with van der Waals surface area (Å²) in [6.45, 7) is 4.00. The minimum atomic E-state index is -1.83. The molecule has 48 valence electrons. The summed E-state index contributed by atoms with van der Waals surface area (Å²) in [5.41, 5.74) is 0. The van der Waals surface area contributed by atoms with Crippen molar-refractivity contribution in [3.8, 4) is 0 Å². The minimum absolute atomic E-state index is 1.83. The van der Waals surface area contributed by atoms with Gasteiger partial charge in [0.15, 0.2) is 0 Å². The van der Waals surface area contributed by atoms with E-state index in [9.17, 15) is 0 Å². The molecule has 0 unspecified atom stereocenters. The number of hydrogen-bond donors (Lipinski definition) is 2. The molecule has 8 heavy (non-hydrogen) atoms. The Kier molecular flexibility index (Phi) is 11.8. The molecule has 0 aliphatic carbocycles. The van der Waals surface area contributed by atoms with Crippen molar-refractivity contribution in [2.75, 3.05) is 0 Å². The maximum absolute atomic E-state index is 8.56. The summed E-state index contributed by atoms with van der Waals surface area (Å²) in [5.74, 6) is 0. The highest BCUT2D eigenvalue weighted by Gasteiger charge is 1.70. The molecule has 0 fully saturated rings. The monoisotopic (exact) mass is 118 g/mol. The average molecular weight is 118 g/mol. The fourth-order valence-corrected chi connectivity index (χ4v) is 0. The summed E-state index contributed by atoms with van der Waals surface area (Å²) in [5, 5.41) is 13.9. The number of hydrogen-bond acceptors (Lipinski definition) is 1. The highest BCUT2D eigenvalue weighted by molar-refractivity contribution is 5.53. The maximum atomic E-state index is 8.56. The predicted molar refractivity (Wildman–Crippen MR) is 31.1 cm³/mol. The first-order chi connectivity index (χ1) is 3.65. The van der Waals surface area contributed by atoms with E-state index in [0.29, 0.717) is 0 Å². The van der Waals surface area contributed by atoms with Crippen LogP contribution in [0.5, 0.6) is 0 Å². The molecule has 0 bridgehead atoms. The zero-order valence-corrected chi connectivity index (χ0v) is 4.96. The van der Waals surface area contributed by atoms with Gasteiger partial charge in [-0.15, -0.1) is 0 Å².